The molecule has 0 fully saturated rings. The Balaban J connectivity index is 2.36. The molecule has 0 saturated heterocycles. The number of rotatable bonds is 2. The zero-order valence-electron chi connectivity index (χ0n) is 9.25. The third kappa shape index (κ3) is 3.12. The Labute approximate surface area is 123 Å². The standard InChI is InChI=1S/C14H11Br2Cl/c1-9-2-7-12(13(16)8-9)14(17)10-3-5-11(15)6-4-10/h2-8,14H,1H3. The third-order valence-electron chi connectivity index (χ3n) is 2.59. The summed E-state index contributed by atoms with van der Waals surface area (Å²) in [5, 5.41) is -0.127. The first kappa shape index (κ1) is 13.1. The molecule has 0 aromatic heterocycles. The monoisotopic (exact) mass is 372 g/mol. The average molecular weight is 375 g/mol. The van der Waals surface area contributed by atoms with Crippen LogP contribution in [0.5, 0.6) is 0 Å². The summed E-state index contributed by atoms with van der Waals surface area (Å²) >= 11 is 13.5. The molecular weight excluding hydrogens is 363 g/mol. The molecule has 0 aliphatic rings. The van der Waals surface area contributed by atoms with Gasteiger partial charge in [-0.2, -0.15) is 0 Å². The van der Waals surface area contributed by atoms with Crippen LogP contribution in [0.15, 0.2) is 51.4 Å². The molecule has 2 aromatic carbocycles. The highest BCUT2D eigenvalue weighted by molar-refractivity contribution is 9.10. The molecule has 0 spiro atoms. The highest BCUT2D eigenvalue weighted by atomic mass is 79.9. The van der Waals surface area contributed by atoms with E-state index in [0.29, 0.717) is 0 Å². The molecule has 0 saturated carbocycles. The summed E-state index contributed by atoms with van der Waals surface area (Å²) in [6.07, 6.45) is 0. The molecule has 0 amide bonds. The van der Waals surface area contributed by atoms with Gasteiger partial charge in [0.25, 0.3) is 0 Å². The number of hydrogen-bond donors (Lipinski definition) is 0. The number of halogens is 3. The lowest BCUT2D eigenvalue weighted by atomic mass is 10.0. The number of hydrogen-bond acceptors (Lipinski definition) is 0. The van der Waals surface area contributed by atoms with Gasteiger partial charge in [0.1, 0.15) is 0 Å². The molecule has 0 N–H and O–H groups in total. The van der Waals surface area contributed by atoms with Crippen LogP contribution in [0.4, 0.5) is 0 Å². The van der Waals surface area contributed by atoms with E-state index in [2.05, 4.69) is 57.0 Å². The normalized spacial score (nSPS) is 12.5. The van der Waals surface area contributed by atoms with Gasteiger partial charge in [0.05, 0.1) is 5.38 Å². The largest absolute Gasteiger partial charge is 0.113 e. The van der Waals surface area contributed by atoms with Gasteiger partial charge in [-0.25, -0.2) is 0 Å². The van der Waals surface area contributed by atoms with Crippen LogP contribution in [-0.2, 0) is 0 Å². The minimum Gasteiger partial charge on any atom is -0.113 e. The molecule has 2 rings (SSSR count). The van der Waals surface area contributed by atoms with E-state index in [1.54, 1.807) is 0 Å². The Kier molecular flexibility index (Phi) is 4.29. The van der Waals surface area contributed by atoms with E-state index in [1.807, 2.05) is 24.3 Å². The van der Waals surface area contributed by atoms with Crippen LogP contribution in [0.25, 0.3) is 0 Å². The van der Waals surface area contributed by atoms with E-state index in [9.17, 15) is 0 Å². The second-order valence-electron chi connectivity index (χ2n) is 3.94. The highest BCUT2D eigenvalue weighted by Gasteiger charge is 2.13. The van der Waals surface area contributed by atoms with Gasteiger partial charge in [-0.1, -0.05) is 56.1 Å². The fourth-order valence-electron chi connectivity index (χ4n) is 1.65. The minimum absolute atomic E-state index is 0.127. The van der Waals surface area contributed by atoms with E-state index >= 15 is 0 Å². The molecule has 0 aliphatic carbocycles. The fraction of sp³-hybridized carbons (Fsp3) is 0.143. The Hall–Kier alpha value is -0.310. The second kappa shape index (κ2) is 5.55. The molecule has 0 bridgehead atoms. The van der Waals surface area contributed by atoms with Crippen molar-refractivity contribution >= 4 is 43.5 Å². The average Bonchev–Trinajstić information content (AvgIpc) is 2.29. The van der Waals surface area contributed by atoms with Crippen molar-refractivity contribution in [1.29, 1.82) is 0 Å². The van der Waals surface area contributed by atoms with Crippen molar-refractivity contribution < 1.29 is 0 Å². The SMILES string of the molecule is Cc1ccc(C(Cl)c2ccc(Br)cc2)c(Br)c1. The molecule has 0 radical (unpaired) electrons. The van der Waals surface area contributed by atoms with Crippen molar-refractivity contribution in [1.82, 2.24) is 0 Å². The molecule has 0 nitrogen and oxygen atoms in total. The Morgan fingerprint density at radius 2 is 1.65 bits per heavy atom. The second-order valence-corrected chi connectivity index (χ2v) is 6.15. The van der Waals surface area contributed by atoms with Gasteiger partial charge in [-0.05, 0) is 41.8 Å². The minimum atomic E-state index is -0.127. The maximum absolute atomic E-state index is 6.50. The van der Waals surface area contributed by atoms with E-state index in [4.69, 9.17) is 11.6 Å². The molecule has 0 aliphatic heterocycles. The van der Waals surface area contributed by atoms with Crippen molar-refractivity contribution in [3.8, 4) is 0 Å². The van der Waals surface area contributed by atoms with Gasteiger partial charge in [0.15, 0.2) is 0 Å². The lowest BCUT2D eigenvalue weighted by molar-refractivity contribution is 1.12. The first-order chi connectivity index (χ1) is 8.08. The van der Waals surface area contributed by atoms with Crippen LogP contribution in [0, 0.1) is 6.92 Å². The van der Waals surface area contributed by atoms with Crippen LogP contribution in [0.2, 0.25) is 0 Å². The maximum Gasteiger partial charge on any atom is 0.0846 e. The van der Waals surface area contributed by atoms with Gasteiger partial charge >= 0.3 is 0 Å². The predicted octanol–water partition coefficient (Wildman–Crippen LogP) is 5.85. The predicted molar refractivity (Wildman–Crippen MR) is 80.7 cm³/mol. The van der Waals surface area contributed by atoms with Gasteiger partial charge in [0.2, 0.25) is 0 Å². The summed E-state index contributed by atoms with van der Waals surface area (Å²) in [6.45, 7) is 2.07. The number of benzene rings is 2. The molecule has 3 heteroatoms. The molecule has 1 atom stereocenters. The molecule has 88 valence electrons. The van der Waals surface area contributed by atoms with Crippen LogP contribution in [0.3, 0.4) is 0 Å². The smallest absolute Gasteiger partial charge is 0.0846 e. The Morgan fingerprint density at radius 1 is 1.00 bits per heavy atom. The van der Waals surface area contributed by atoms with Crippen molar-refractivity contribution in [2.75, 3.05) is 0 Å². The van der Waals surface area contributed by atoms with Crippen molar-refractivity contribution in [2.45, 2.75) is 12.3 Å². The van der Waals surface area contributed by atoms with Crippen molar-refractivity contribution in [2.24, 2.45) is 0 Å². The summed E-state index contributed by atoms with van der Waals surface area (Å²) in [7, 11) is 0. The number of aryl methyl sites for hydroxylation is 1. The van der Waals surface area contributed by atoms with Gasteiger partial charge < -0.3 is 0 Å². The summed E-state index contributed by atoms with van der Waals surface area (Å²) in [4.78, 5) is 0. The lowest BCUT2D eigenvalue weighted by Crippen LogP contribution is -1.94. The van der Waals surface area contributed by atoms with Crippen LogP contribution >= 0.6 is 43.5 Å². The van der Waals surface area contributed by atoms with E-state index < -0.39 is 0 Å². The van der Waals surface area contributed by atoms with Crippen LogP contribution < -0.4 is 0 Å². The fourth-order valence-corrected chi connectivity index (χ4v) is 3.10. The molecular formula is C14H11Br2Cl. The Bertz CT molecular complexity index is 520. The highest BCUT2D eigenvalue weighted by Crippen LogP contribution is 2.34. The van der Waals surface area contributed by atoms with Crippen LogP contribution in [0.1, 0.15) is 22.1 Å². The first-order valence-electron chi connectivity index (χ1n) is 5.23. The van der Waals surface area contributed by atoms with Gasteiger partial charge in [0, 0.05) is 8.95 Å². The maximum atomic E-state index is 6.50. The quantitative estimate of drug-likeness (QED) is 0.579. The van der Waals surface area contributed by atoms with Crippen molar-refractivity contribution in [3.63, 3.8) is 0 Å². The zero-order chi connectivity index (χ0) is 12.4. The molecule has 0 heterocycles. The summed E-state index contributed by atoms with van der Waals surface area (Å²) < 4.78 is 2.12. The zero-order valence-corrected chi connectivity index (χ0v) is 13.2. The summed E-state index contributed by atoms with van der Waals surface area (Å²) in [5.74, 6) is 0. The molecule has 2 aromatic rings. The first-order valence-corrected chi connectivity index (χ1v) is 7.26. The Morgan fingerprint density at radius 3 is 2.24 bits per heavy atom. The third-order valence-corrected chi connectivity index (χ3v) is 4.29. The number of alkyl halides is 1. The van der Waals surface area contributed by atoms with Gasteiger partial charge in [-0.3, -0.25) is 0 Å². The van der Waals surface area contributed by atoms with E-state index in [-0.39, 0.29) is 5.38 Å². The van der Waals surface area contributed by atoms with E-state index in [1.165, 1.54) is 5.56 Å². The topological polar surface area (TPSA) is 0 Å². The summed E-state index contributed by atoms with van der Waals surface area (Å²) in [6, 6.07) is 14.3. The summed E-state index contributed by atoms with van der Waals surface area (Å²) in [5.41, 5.74) is 3.42. The van der Waals surface area contributed by atoms with Crippen molar-refractivity contribution in [3.05, 3.63) is 68.1 Å². The molecule has 1 unspecified atom stereocenters. The van der Waals surface area contributed by atoms with E-state index in [0.717, 1.165) is 20.1 Å². The molecule has 17 heavy (non-hydrogen) atoms. The lowest BCUT2D eigenvalue weighted by Gasteiger charge is -2.13. The van der Waals surface area contributed by atoms with Crippen LogP contribution in [-0.4, -0.2) is 0 Å². The van der Waals surface area contributed by atoms with Gasteiger partial charge in [-0.15, -0.1) is 11.6 Å².